The van der Waals surface area contributed by atoms with Crippen molar-refractivity contribution in [1.82, 2.24) is 9.80 Å². The Morgan fingerprint density at radius 1 is 1.23 bits per heavy atom. The fourth-order valence-corrected chi connectivity index (χ4v) is 3.09. The Morgan fingerprint density at radius 3 is 2.59 bits per heavy atom. The minimum absolute atomic E-state index is 0.0365. The van der Waals surface area contributed by atoms with Gasteiger partial charge in [0.1, 0.15) is 6.54 Å². The molecule has 0 aromatic heterocycles. The van der Waals surface area contributed by atoms with Gasteiger partial charge in [0.05, 0.1) is 0 Å². The van der Waals surface area contributed by atoms with Crippen LogP contribution in [0.4, 0.5) is 0 Å². The van der Waals surface area contributed by atoms with Crippen molar-refractivity contribution >= 4 is 11.9 Å². The molecule has 1 aliphatic heterocycles. The van der Waals surface area contributed by atoms with Gasteiger partial charge in [0.2, 0.25) is 5.91 Å². The minimum Gasteiger partial charge on any atom is -0.480 e. The zero-order valence-electron chi connectivity index (χ0n) is 13.1. The molecule has 5 nitrogen and oxygen atoms in total. The first-order chi connectivity index (χ1) is 10.6. The molecule has 0 unspecified atom stereocenters. The molecule has 22 heavy (non-hydrogen) atoms. The van der Waals surface area contributed by atoms with Gasteiger partial charge in [0.15, 0.2) is 0 Å². The Bertz CT molecular complexity index is 504. The number of carboxylic acid groups (broad SMARTS) is 1. The number of carbonyl (C=O) groups is 2. The van der Waals surface area contributed by atoms with Crippen LogP contribution in [-0.4, -0.2) is 52.5 Å². The van der Waals surface area contributed by atoms with Crippen LogP contribution in [0.15, 0.2) is 30.3 Å². The van der Waals surface area contributed by atoms with Gasteiger partial charge in [-0.25, -0.2) is 0 Å². The fraction of sp³-hybridized carbons (Fsp3) is 0.529. The van der Waals surface area contributed by atoms with Gasteiger partial charge in [-0.3, -0.25) is 14.5 Å². The molecule has 0 aliphatic carbocycles. The van der Waals surface area contributed by atoms with E-state index in [9.17, 15) is 9.59 Å². The molecule has 1 amide bonds. The molecule has 120 valence electrons. The van der Waals surface area contributed by atoms with Gasteiger partial charge in [-0.1, -0.05) is 30.3 Å². The molecule has 0 radical (unpaired) electrons. The van der Waals surface area contributed by atoms with E-state index in [1.54, 1.807) is 0 Å². The number of carbonyl (C=O) groups excluding carboxylic acids is 1. The minimum atomic E-state index is -0.944. The first kappa shape index (κ1) is 16.5. The average molecular weight is 304 g/mol. The van der Waals surface area contributed by atoms with Crippen LogP contribution in [0, 0.1) is 0 Å². The van der Waals surface area contributed by atoms with Crippen molar-refractivity contribution in [3.63, 3.8) is 0 Å². The first-order valence-corrected chi connectivity index (χ1v) is 7.81. The zero-order valence-corrected chi connectivity index (χ0v) is 13.1. The smallest absolute Gasteiger partial charge is 0.323 e. The normalized spacial score (nSPS) is 19.4. The van der Waals surface area contributed by atoms with Crippen LogP contribution >= 0.6 is 0 Å². The number of carboxylic acids is 1. The number of hydrogen-bond acceptors (Lipinski definition) is 3. The summed E-state index contributed by atoms with van der Waals surface area (Å²) in [6, 6.07) is 10.4. The van der Waals surface area contributed by atoms with Crippen molar-refractivity contribution in [3.8, 4) is 0 Å². The summed E-state index contributed by atoms with van der Waals surface area (Å²) in [5.41, 5.74) is 1.29. The highest BCUT2D eigenvalue weighted by Crippen LogP contribution is 2.18. The van der Waals surface area contributed by atoms with Crippen LogP contribution in [0.1, 0.15) is 31.7 Å². The van der Waals surface area contributed by atoms with E-state index in [2.05, 4.69) is 17.0 Å². The highest BCUT2D eigenvalue weighted by Gasteiger charge is 2.25. The summed E-state index contributed by atoms with van der Waals surface area (Å²) < 4.78 is 0. The van der Waals surface area contributed by atoms with Gasteiger partial charge < -0.3 is 10.0 Å². The summed E-state index contributed by atoms with van der Waals surface area (Å²) >= 11 is 0. The summed E-state index contributed by atoms with van der Waals surface area (Å²) in [7, 11) is 0. The summed E-state index contributed by atoms with van der Waals surface area (Å²) in [5, 5.41) is 8.98. The van der Waals surface area contributed by atoms with Gasteiger partial charge in [0.25, 0.3) is 0 Å². The predicted octanol–water partition coefficient (Wildman–Crippen LogP) is 1.97. The van der Waals surface area contributed by atoms with Crippen LogP contribution in [0.3, 0.4) is 0 Å². The molecule has 1 N–H and O–H groups in total. The molecule has 0 bridgehead atoms. The fourth-order valence-electron chi connectivity index (χ4n) is 3.09. The molecule has 1 heterocycles. The topological polar surface area (TPSA) is 60.9 Å². The Balaban J connectivity index is 1.93. The molecular formula is C17H24N2O3. The summed E-state index contributed by atoms with van der Waals surface area (Å²) in [5.74, 6) is -1.09. The Morgan fingerprint density at radius 2 is 1.95 bits per heavy atom. The third-order valence-corrected chi connectivity index (χ3v) is 4.19. The van der Waals surface area contributed by atoms with Crippen molar-refractivity contribution < 1.29 is 14.7 Å². The lowest BCUT2D eigenvalue weighted by atomic mass is 10.1. The monoisotopic (exact) mass is 304 g/mol. The van der Waals surface area contributed by atoms with Crippen molar-refractivity contribution in [2.45, 2.75) is 38.8 Å². The summed E-state index contributed by atoms with van der Waals surface area (Å²) in [4.78, 5) is 26.5. The number of benzene rings is 1. The molecule has 1 aromatic carbocycles. The lowest BCUT2D eigenvalue weighted by molar-refractivity contribution is -0.145. The van der Waals surface area contributed by atoms with Gasteiger partial charge >= 0.3 is 5.97 Å². The largest absolute Gasteiger partial charge is 0.480 e. The van der Waals surface area contributed by atoms with Gasteiger partial charge in [-0.05, 0) is 31.4 Å². The lowest BCUT2D eigenvalue weighted by Gasteiger charge is -2.29. The first-order valence-electron chi connectivity index (χ1n) is 7.81. The van der Waals surface area contributed by atoms with E-state index in [-0.39, 0.29) is 18.5 Å². The number of likely N-dealkylation sites (tertiary alicyclic amines) is 1. The van der Waals surface area contributed by atoms with Crippen molar-refractivity contribution in [3.05, 3.63) is 35.9 Å². The van der Waals surface area contributed by atoms with Crippen LogP contribution in [0.5, 0.6) is 0 Å². The maximum atomic E-state index is 11.7. The summed E-state index contributed by atoms with van der Waals surface area (Å²) in [6.45, 7) is 4.05. The zero-order chi connectivity index (χ0) is 15.9. The number of nitrogens with zero attached hydrogens (tertiary/aromatic N) is 2. The standard InChI is InChI=1S/C17H24N2O3/c1-14(20)19(13-17(21)22)16-8-5-10-18(11-9-16)12-15-6-3-2-4-7-15/h2-4,6-7,16H,5,8-13H2,1H3,(H,21,22)/t16-/m0/s1. The second-order valence-corrected chi connectivity index (χ2v) is 5.89. The van der Waals surface area contributed by atoms with E-state index in [4.69, 9.17) is 5.11 Å². The number of amides is 1. The molecule has 5 heteroatoms. The third-order valence-electron chi connectivity index (χ3n) is 4.19. The van der Waals surface area contributed by atoms with Crippen molar-refractivity contribution in [2.75, 3.05) is 19.6 Å². The Kier molecular flexibility index (Phi) is 5.95. The number of hydrogen-bond donors (Lipinski definition) is 1. The van der Waals surface area contributed by atoms with Crippen LogP contribution in [-0.2, 0) is 16.1 Å². The Hall–Kier alpha value is -1.88. The van der Waals surface area contributed by atoms with Crippen LogP contribution in [0.25, 0.3) is 0 Å². The maximum Gasteiger partial charge on any atom is 0.323 e. The second kappa shape index (κ2) is 7.94. The van der Waals surface area contributed by atoms with Gasteiger partial charge in [-0.15, -0.1) is 0 Å². The van der Waals surface area contributed by atoms with E-state index in [0.29, 0.717) is 0 Å². The quantitative estimate of drug-likeness (QED) is 0.903. The van der Waals surface area contributed by atoms with Gasteiger partial charge in [0, 0.05) is 26.1 Å². The molecule has 1 fully saturated rings. The van der Waals surface area contributed by atoms with E-state index >= 15 is 0 Å². The van der Waals surface area contributed by atoms with E-state index in [0.717, 1.165) is 38.9 Å². The van der Waals surface area contributed by atoms with E-state index in [1.807, 2.05) is 18.2 Å². The molecule has 1 aromatic rings. The second-order valence-electron chi connectivity index (χ2n) is 5.89. The van der Waals surface area contributed by atoms with Crippen molar-refractivity contribution in [2.24, 2.45) is 0 Å². The third kappa shape index (κ3) is 4.84. The predicted molar refractivity (Wildman–Crippen MR) is 84.4 cm³/mol. The Labute approximate surface area is 131 Å². The number of rotatable bonds is 5. The molecule has 0 spiro atoms. The molecule has 1 saturated heterocycles. The SMILES string of the molecule is CC(=O)N(CC(=O)O)[C@H]1CCCN(Cc2ccccc2)CC1. The lowest BCUT2D eigenvalue weighted by Crippen LogP contribution is -2.42. The van der Waals surface area contributed by atoms with Crippen molar-refractivity contribution in [1.29, 1.82) is 0 Å². The highest BCUT2D eigenvalue weighted by atomic mass is 16.4. The van der Waals surface area contributed by atoms with E-state index in [1.165, 1.54) is 17.4 Å². The highest BCUT2D eigenvalue weighted by molar-refractivity contribution is 5.79. The summed E-state index contributed by atoms with van der Waals surface area (Å²) in [6.07, 6.45) is 2.69. The van der Waals surface area contributed by atoms with E-state index < -0.39 is 5.97 Å². The molecule has 2 rings (SSSR count). The molecule has 1 atom stereocenters. The number of aliphatic carboxylic acids is 1. The molecule has 0 saturated carbocycles. The average Bonchev–Trinajstić information content (AvgIpc) is 2.71. The van der Waals surface area contributed by atoms with Crippen LogP contribution < -0.4 is 0 Å². The van der Waals surface area contributed by atoms with Crippen LogP contribution in [0.2, 0.25) is 0 Å². The van der Waals surface area contributed by atoms with Gasteiger partial charge in [-0.2, -0.15) is 0 Å². The molecule has 1 aliphatic rings. The maximum absolute atomic E-state index is 11.7. The molecular weight excluding hydrogens is 280 g/mol.